The van der Waals surface area contributed by atoms with E-state index in [0.717, 1.165) is 169 Å². The highest BCUT2D eigenvalue weighted by atomic mass is 35.5. The zero-order valence-corrected chi connectivity index (χ0v) is 71.1. The molecule has 6 aromatic heterocycles. The van der Waals surface area contributed by atoms with Gasteiger partial charge in [-0.3, -0.25) is 53.8 Å². The molecule has 15 rings (SSSR count). The number of cyclic esters (lactones) is 2. The van der Waals surface area contributed by atoms with Crippen LogP contribution in [0.2, 0.25) is 0 Å². The second-order valence-corrected chi connectivity index (χ2v) is 36.4. The quantitative estimate of drug-likeness (QED) is 0.0739. The van der Waals surface area contributed by atoms with E-state index in [4.69, 9.17) is 35.1 Å². The molecule has 608 valence electrons. The minimum absolute atomic E-state index is 0. The van der Waals surface area contributed by atoms with Crippen molar-refractivity contribution in [2.24, 2.45) is 28.4 Å². The number of aromatic nitrogens is 6. The van der Waals surface area contributed by atoms with Crippen molar-refractivity contribution in [3.63, 3.8) is 0 Å². The van der Waals surface area contributed by atoms with Crippen LogP contribution in [-0.4, -0.2) is 194 Å². The average Bonchev–Trinajstić information content (AvgIpc) is 1.58. The molecule has 3 amide bonds. The number of nitrogens with one attached hydrogen (secondary N) is 3. The first-order chi connectivity index (χ1) is 53.8. The molecule has 0 unspecified atom stereocenters. The fraction of sp³-hybridized carbons (Fsp3) is 0.575. The van der Waals surface area contributed by atoms with Crippen molar-refractivity contribution in [2.75, 3.05) is 102 Å². The Bertz CT molecular complexity index is 4760. The zero-order valence-electron chi connectivity index (χ0n) is 68.7. The van der Waals surface area contributed by atoms with E-state index in [1.165, 1.54) is 72.6 Å². The first-order valence-electron chi connectivity index (χ1n) is 41.5. The van der Waals surface area contributed by atoms with Crippen molar-refractivity contribution < 1.29 is 33.4 Å². The number of carbonyl (C=O) groups is 5. The number of hydrogen-bond acceptors (Lipinski definition) is 20. The second-order valence-electron chi connectivity index (χ2n) is 34.5. The van der Waals surface area contributed by atoms with Crippen LogP contribution in [0.5, 0.6) is 0 Å². The number of nitrogens with zero attached hydrogens (tertiary/aromatic N) is 12. The summed E-state index contributed by atoms with van der Waals surface area (Å²) in [5, 5.41) is 14.1. The van der Waals surface area contributed by atoms with Gasteiger partial charge < -0.3 is 39.5 Å². The molecule has 1 saturated carbocycles. The number of pyridine rings is 2. The lowest BCUT2D eigenvalue weighted by molar-refractivity contribution is -0.156. The molecule has 0 spiro atoms. The Labute approximate surface area is 681 Å². The number of hydrazine groups is 2. The van der Waals surface area contributed by atoms with Crippen LogP contribution in [-0.2, 0) is 72.2 Å². The highest BCUT2D eigenvalue weighted by Crippen LogP contribution is 2.46. The molecule has 5 fully saturated rings. The molecule has 8 aromatic rings. The van der Waals surface area contributed by atoms with Crippen LogP contribution in [0, 0.1) is 22.7 Å². The van der Waals surface area contributed by atoms with E-state index in [1.54, 1.807) is 0 Å². The number of anilines is 2. The monoisotopic (exact) mass is 1600 g/mol. The van der Waals surface area contributed by atoms with Gasteiger partial charge in [0.15, 0.2) is 0 Å². The number of halogens is 1. The summed E-state index contributed by atoms with van der Waals surface area (Å²) in [5.74, 6) is -0.679. The van der Waals surface area contributed by atoms with Crippen molar-refractivity contribution in [2.45, 2.75) is 210 Å². The summed E-state index contributed by atoms with van der Waals surface area (Å²) < 4.78 is 17.1. The van der Waals surface area contributed by atoms with Gasteiger partial charge in [-0.15, -0.1) is 35.1 Å². The number of fused-ring (bicyclic) bond motifs is 12. The van der Waals surface area contributed by atoms with E-state index in [2.05, 4.69) is 207 Å². The summed E-state index contributed by atoms with van der Waals surface area (Å²) >= 11 is 3.03. The maximum atomic E-state index is 14.1. The lowest BCUT2D eigenvalue weighted by Crippen LogP contribution is -2.60. The molecule has 0 radical (unpaired) electrons. The van der Waals surface area contributed by atoms with Crippen LogP contribution in [0.4, 0.5) is 11.4 Å². The summed E-state index contributed by atoms with van der Waals surface area (Å²) in [4.78, 5) is 98.6. The van der Waals surface area contributed by atoms with E-state index in [0.29, 0.717) is 64.0 Å². The van der Waals surface area contributed by atoms with Crippen molar-refractivity contribution >= 4 is 97.9 Å². The number of aryl methyl sites for hydroxylation is 2. The largest absolute Gasteiger partial charge is 0.464 e. The van der Waals surface area contributed by atoms with Gasteiger partial charge in [-0.1, -0.05) is 88.3 Å². The molecule has 2 aromatic carbocycles. The third kappa shape index (κ3) is 18.2. The number of nitrogens with two attached hydrogens (primary N) is 1. The molecule has 6 aliphatic heterocycles. The van der Waals surface area contributed by atoms with Gasteiger partial charge >= 0.3 is 11.9 Å². The predicted molar refractivity (Wildman–Crippen MR) is 454 cm³/mol. The molecule has 12 bridgehead atoms. The summed E-state index contributed by atoms with van der Waals surface area (Å²) in [6.45, 7) is 41.9. The molecule has 7 aliphatic rings. The Morgan fingerprint density at radius 2 is 1.04 bits per heavy atom. The fourth-order valence-electron chi connectivity index (χ4n) is 17.6. The lowest BCUT2D eigenvalue weighted by atomic mass is 9.84. The van der Waals surface area contributed by atoms with Gasteiger partial charge in [0.1, 0.15) is 18.1 Å². The van der Waals surface area contributed by atoms with Crippen molar-refractivity contribution in [1.29, 1.82) is 0 Å². The number of thiazole rings is 2. The maximum Gasteiger partial charge on any atom is 0.324 e. The minimum Gasteiger partial charge on any atom is -0.464 e. The van der Waals surface area contributed by atoms with Crippen LogP contribution in [0.15, 0.2) is 71.7 Å². The molecular formula is C87H119ClN16O7S2. The first kappa shape index (κ1) is 83.1. The third-order valence-corrected chi connectivity index (χ3v) is 25.5. The van der Waals surface area contributed by atoms with Gasteiger partial charge in [0.25, 0.3) is 11.8 Å². The van der Waals surface area contributed by atoms with Crippen LogP contribution >= 0.6 is 35.1 Å². The maximum absolute atomic E-state index is 14.1. The van der Waals surface area contributed by atoms with Gasteiger partial charge in [-0.05, 0) is 150 Å². The molecule has 4 saturated heterocycles. The third-order valence-electron chi connectivity index (χ3n) is 23.8. The van der Waals surface area contributed by atoms with Gasteiger partial charge in [0.2, 0.25) is 5.91 Å². The standard InChI is InChI=1S/C46H62N8O4S.C41H56N8O3S.ClH/c1-8-14-51-16-18-52(19-17-51)31-22-34(41(28(3)4)47-25-31)42-35-24-46(6,7)27-58-45(57)36-11-10-15-54(50-36)44(56)37(49-43(55)32-20-29(32)5)23-40-48-38(26-59-40)30-12-13-39(33(35)21-30)53(42)9-2;1-7-13-46-15-17-47(18-16-46)28-20-30(37(26(3)4)43-23-28)38-31-22-41(5,6)25-52-40(51)33-10-9-14-49(45-33)39(50)32(42)21-36-44-34(24-53-36)27-11-12-35(29(31)19-27)48(38)8-2;/h12-13,21-22,25-26,28-29,32,36-37,50H,8-11,14-20,23-24,27H2,1-7H3,(H,49,55);11-12,19-20,23-24,26,32-33,45H,7-10,13-18,21-22,25,42H2,1-6H3;1H/t29-,32-,36-,37-;32-,33-;/m00./s1. The van der Waals surface area contributed by atoms with Gasteiger partial charge in [0.05, 0.1) is 87.2 Å². The van der Waals surface area contributed by atoms with Gasteiger partial charge in [-0.25, -0.2) is 20.8 Å². The molecular weight excluding hydrogens is 1480 g/mol. The SMILES string of the molecule is CCCN1CCN(c2cnc(C(C)C)c(-c3c4c5cc(ccc5n3CC)-c3csc(n3)C[C@H](N)C(=O)N3CCC[C@H](N3)C(=O)OCC(C)(C)C4)c2)CC1.CCCN1CCN(c2cnc(C(C)C)c(-c3c4c5cc(ccc5n3CC)-c3csc(n3)C[C@H](NC(=O)[C@H]3C[C@@H]3C)C(=O)N3CCC[C@H](N3)C(=O)OCC(C)(C)C4)c2)CC1.Cl. The fourth-order valence-corrected chi connectivity index (χ4v) is 19.3. The smallest absolute Gasteiger partial charge is 0.324 e. The normalized spacial score (nSPS) is 22.7. The molecule has 26 heteroatoms. The van der Waals surface area contributed by atoms with E-state index in [9.17, 15) is 24.0 Å². The number of hydrogen-bond donors (Lipinski definition) is 4. The summed E-state index contributed by atoms with van der Waals surface area (Å²) in [7, 11) is 0. The number of benzene rings is 2. The van der Waals surface area contributed by atoms with E-state index >= 15 is 0 Å². The Morgan fingerprint density at radius 1 is 0.611 bits per heavy atom. The van der Waals surface area contributed by atoms with E-state index in [-0.39, 0.29) is 79.5 Å². The molecule has 5 N–H and O–H groups in total. The molecule has 6 atom stereocenters. The first-order valence-corrected chi connectivity index (χ1v) is 43.2. The van der Waals surface area contributed by atoms with Crippen LogP contribution < -0.4 is 31.7 Å². The Hall–Kier alpha value is -7.88. The van der Waals surface area contributed by atoms with E-state index < -0.39 is 35.0 Å². The van der Waals surface area contributed by atoms with E-state index in [1.807, 2.05) is 0 Å². The zero-order chi connectivity index (χ0) is 79.0. The summed E-state index contributed by atoms with van der Waals surface area (Å²) in [6, 6.07) is 15.2. The Morgan fingerprint density at radius 3 is 1.46 bits per heavy atom. The summed E-state index contributed by atoms with van der Waals surface area (Å²) in [6.07, 6.45) is 11.7. The van der Waals surface area contributed by atoms with Crippen molar-refractivity contribution in [3.05, 3.63) is 104 Å². The van der Waals surface area contributed by atoms with Gasteiger partial charge in [0, 0.05) is 163 Å². The number of ether oxygens (including phenoxy) is 2. The van der Waals surface area contributed by atoms with Crippen LogP contribution in [0.3, 0.4) is 0 Å². The van der Waals surface area contributed by atoms with Gasteiger partial charge in [-0.2, -0.15) is 0 Å². The number of carbonyl (C=O) groups excluding carboxylic acids is 5. The number of esters is 2. The predicted octanol–water partition coefficient (Wildman–Crippen LogP) is 13.2. The highest BCUT2D eigenvalue weighted by Gasteiger charge is 2.43. The minimum atomic E-state index is -0.815. The van der Waals surface area contributed by atoms with Crippen LogP contribution in [0.1, 0.15) is 179 Å². The van der Waals surface area contributed by atoms with Crippen LogP contribution in [0.25, 0.3) is 66.8 Å². The summed E-state index contributed by atoms with van der Waals surface area (Å²) in [5.41, 5.74) is 29.5. The number of rotatable bonds is 14. The number of piperazine rings is 2. The van der Waals surface area contributed by atoms with Crippen molar-refractivity contribution in [3.8, 4) is 45.0 Å². The molecule has 1 aliphatic carbocycles. The highest BCUT2D eigenvalue weighted by molar-refractivity contribution is 7.10. The Kier molecular flexibility index (Phi) is 25.9. The number of amides is 3. The lowest BCUT2D eigenvalue weighted by Gasteiger charge is -2.36. The second kappa shape index (κ2) is 35.3. The molecule has 12 heterocycles. The Balaban J connectivity index is 0.000000197. The van der Waals surface area contributed by atoms with Crippen molar-refractivity contribution in [1.82, 2.24) is 65.1 Å². The topological polar surface area (TPSA) is 247 Å². The molecule has 23 nitrogen and oxygen atoms in total. The average molecular weight is 1600 g/mol. The molecule has 113 heavy (non-hydrogen) atoms.